The normalized spacial score (nSPS) is 11.4. The van der Waals surface area contributed by atoms with Gasteiger partial charge in [-0.2, -0.15) is 0 Å². The second kappa shape index (κ2) is 39.5. The number of hydrogen-bond acceptors (Lipinski definition) is 4. The zero-order valence-electron chi connectivity index (χ0n) is 38.0. The first-order valence-corrected chi connectivity index (χ1v) is 24.0. The smallest absolute Gasteiger partial charge is 0.873 e. The Morgan fingerprint density at radius 3 is 1.38 bits per heavy atom. The van der Waals surface area contributed by atoms with Crippen molar-refractivity contribution in [3.8, 4) is 23.3 Å². The molecule has 0 saturated carbocycles. The minimum absolute atomic E-state index is 0. The average Bonchev–Trinajstić information content (AvgIpc) is 3.26. The summed E-state index contributed by atoms with van der Waals surface area (Å²) >= 11 is 0. The molecule has 0 aliphatic heterocycles. The molecule has 0 aliphatic rings. The van der Waals surface area contributed by atoms with Gasteiger partial charge < -0.3 is 10.2 Å². The molecule has 0 bridgehead atoms. The van der Waals surface area contributed by atoms with Crippen LogP contribution >= 0.6 is 0 Å². The summed E-state index contributed by atoms with van der Waals surface area (Å²) in [6.45, 7) is 6.53. The van der Waals surface area contributed by atoms with E-state index in [1.165, 1.54) is 166 Å². The Labute approximate surface area is 378 Å². The van der Waals surface area contributed by atoms with Crippen LogP contribution in [-0.2, 0) is 22.9 Å². The average molecular weight is 860 g/mol. The fourth-order valence-corrected chi connectivity index (χ4v) is 7.04. The van der Waals surface area contributed by atoms with Crippen molar-refractivity contribution < 1.29 is 26.7 Å². The van der Waals surface area contributed by atoms with E-state index in [9.17, 15) is 10.2 Å². The minimum Gasteiger partial charge on any atom is -0.873 e. The summed E-state index contributed by atoms with van der Waals surface area (Å²) in [5.74, 6) is 6.10. The molecule has 332 valence electrons. The molecule has 60 heavy (non-hydrogen) atoms. The number of allylic oxidation sites excluding steroid dienone is 2. The van der Waals surface area contributed by atoms with Gasteiger partial charge in [0.25, 0.3) is 0 Å². The predicted octanol–water partition coefficient (Wildman–Crippen LogP) is 16.1. The maximum absolute atomic E-state index is 10.7. The fourth-order valence-electron chi connectivity index (χ4n) is 7.04. The third-order valence-electron chi connectivity index (χ3n) is 10.8. The Morgan fingerprint density at radius 1 is 0.500 bits per heavy atom. The van der Waals surface area contributed by atoms with E-state index in [2.05, 4.69) is 50.0 Å². The molecule has 0 aliphatic carbocycles. The van der Waals surface area contributed by atoms with E-state index in [4.69, 9.17) is 9.98 Å². The van der Waals surface area contributed by atoms with E-state index in [0.29, 0.717) is 0 Å². The molecule has 0 fully saturated rings. The number of aliphatic imine (C=N–C) groups is 2. The first-order valence-electron chi connectivity index (χ1n) is 24.0. The van der Waals surface area contributed by atoms with Gasteiger partial charge in [-0.25, -0.2) is 9.98 Å². The molecule has 0 spiro atoms. The van der Waals surface area contributed by atoms with Gasteiger partial charge in [0.2, 0.25) is 0 Å². The van der Waals surface area contributed by atoms with E-state index in [1.807, 2.05) is 55.5 Å². The van der Waals surface area contributed by atoms with Crippen LogP contribution in [0.15, 0.2) is 101 Å². The maximum atomic E-state index is 10.7. The number of hydrogen-bond donors (Lipinski definition) is 0. The first kappa shape index (κ1) is 54.4. The largest absolute Gasteiger partial charge is 2.00 e. The van der Waals surface area contributed by atoms with Gasteiger partial charge in [0.05, 0.1) is 17.1 Å². The van der Waals surface area contributed by atoms with Gasteiger partial charge in [0.1, 0.15) is 5.71 Å². The molecular weight excluding hydrogens is 779 g/mol. The van der Waals surface area contributed by atoms with Gasteiger partial charge in [0.15, 0.2) is 0 Å². The molecule has 5 heteroatoms. The molecule has 0 radical (unpaired) electrons. The summed E-state index contributed by atoms with van der Waals surface area (Å²) in [6, 6.07) is 24.8. The second-order valence-electron chi connectivity index (χ2n) is 16.1. The summed E-state index contributed by atoms with van der Waals surface area (Å²) in [7, 11) is 0. The molecule has 0 N–H and O–H groups in total. The number of unbranched alkanes of at least 4 members (excludes halogenated alkanes) is 25. The Bertz CT molecular complexity index is 1590. The quantitative estimate of drug-likeness (QED) is 0.0280. The van der Waals surface area contributed by atoms with Crippen LogP contribution in [0.25, 0.3) is 0 Å². The monoisotopic (exact) mass is 859 g/mol. The molecule has 0 heterocycles. The van der Waals surface area contributed by atoms with E-state index < -0.39 is 11.5 Å². The van der Waals surface area contributed by atoms with E-state index in [1.54, 1.807) is 6.07 Å². The van der Waals surface area contributed by atoms with Gasteiger partial charge in [0, 0.05) is 6.42 Å². The molecule has 0 atom stereocenters. The van der Waals surface area contributed by atoms with Gasteiger partial charge in [-0.05, 0) is 67.5 Å². The summed E-state index contributed by atoms with van der Waals surface area (Å²) in [4.78, 5) is 10.0. The Kier molecular flexibility index (Phi) is 35.8. The summed E-state index contributed by atoms with van der Waals surface area (Å²) in [6.07, 6.45) is 41.5. The minimum atomic E-state index is -0.419. The van der Waals surface area contributed by atoms with Crippen LogP contribution in [-0.4, -0.2) is 11.4 Å². The van der Waals surface area contributed by atoms with Crippen LogP contribution in [0.5, 0.6) is 11.5 Å². The van der Waals surface area contributed by atoms with Crippen LogP contribution in [0, 0.1) is 11.8 Å². The van der Waals surface area contributed by atoms with Crippen LogP contribution in [0.3, 0.4) is 0 Å². The van der Waals surface area contributed by atoms with E-state index in [0.717, 1.165) is 54.0 Å². The first-order chi connectivity index (χ1) is 29.1. The number of nitrogens with zero attached hydrogens (tertiary/aromatic N) is 2. The Balaban J connectivity index is 0.00000142. The fraction of sp³-hybridized carbons (Fsp3) is 0.564. The van der Waals surface area contributed by atoms with E-state index >= 15 is 0 Å². The van der Waals surface area contributed by atoms with Crippen LogP contribution in [0.4, 0.5) is 11.4 Å². The molecule has 0 amide bonds. The molecule has 3 rings (SSSR count). The Hall–Kier alpha value is -3.61. The molecule has 3 aromatic carbocycles. The standard InChI is InChI=1S/C47H72N2.C8H10O2.Ni/c1-3-5-7-9-11-13-15-17-18-19-20-21-23-25-27-29-37-43-47(49-45-40-34-31-35-41-45)46(48-44-38-32-30-33-39-44)42-36-28-26-24-22-16-14-12-10-8-6-4-2;1-2-6-3-4-7(9)8(10)5-6;/h30-36,38-42H,3-29H2,1-2H3;3-5,9-10H,2H2,1H3;/q;;+2/p-2. The van der Waals surface area contributed by atoms with Gasteiger partial charge in [-0.1, -0.05) is 235 Å². The van der Waals surface area contributed by atoms with Gasteiger partial charge >= 0.3 is 16.5 Å². The number of rotatable bonds is 31. The maximum Gasteiger partial charge on any atom is 2.00 e. The molecule has 0 unspecified atom stereocenters. The third kappa shape index (κ3) is 29.6. The van der Waals surface area contributed by atoms with Crippen molar-refractivity contribution in [3.63, 3.8) is 0 Å². The van der Waals surface area contributed by atoms with Gasteiger partial charge in [-0.3, -0.25) is 0 Å². The zero-order chi connectivity index (χ0) is 42.3. The summed E-state index contributed by atoms with van der Waals surface area (Å²) in [5, 5.41) is 21.3. The van der Waals surface area contributed by atoms with Crippen molar-refractivity contribution in [1.82, 2.24) is 0 Å². The third-order valence-corrected chi connectivity index (χ3v) is 10.8. The second-order valence-corrected chi connectivity index (χ2v) is 16.1. The topological polar surface area (TPSA) is 70.8 Å². The number of benzene rings is 3. The van der Waals surface area contributed by atoms with Crippen LogP contribution in [0.2, 0.25) is 0 Å². The SMILES string of the molecule is CCCCCCCCCCCCC=CC(=Nc1ccccc1)C(C#CCCCCCCCCCCCCCCCCC)=Nc1ccccc1.CCc1ccc([O-])c([O-])c1.[Ni+2]. The number of para-hydroxylation sites is 2. The predicted molar refractivity (Wildman–Crippen MR) is 255 cm³/mol. The number of aryl methyl sites for hydroxylation is 1. The van der Waals surface area contributed by atoms with E-state index in [-0.39, 0.29) is 16.5 Å². The van der Waals surface area contributed by atoms with Crippen molar-refractivity contribution in [3.05, 3.63) is 96.6 Å². The van der Waals surface area contributed by atoms with Crippen molar-refractivity contribution in [2.45, 2.75) is 201 Å². The van der Waals surface area contributed by atoms with Crippen molar-refractivity contribution in [2.75, 3.05) is 0 Å². The van der Waals surface area contributed by atoms with Crippen molar-refractivity contribution >= 4 is 22.8 Å². The summed E-state index contributed by atoms with van der Waals surface area (Å²) in [5.41, 5.74) is 4.39. The molecule has 3 aromatic rings. The van der Waals surface area contributed by atoms with Crippen molar-refractivity contribution in [2.24, 2.45) is 9.98 Å². The molecule has 0 aromatic heterocycles. The van der Waals surface area contributed by atoms with Crippen LogP contribution in [0.1, 0.15) is 200 Å². The molecule has 4 nitrogen and oxygen atoms in total. The van der Waals surface area contributed by atoms with Crippen LogP contribution < -0.4 is 10.2 Å². The Morgan fingerprint density at radius 2 is 0.933 bits per heavy atom. The summed E-state index contributed by atoms with van der Waals surface area (Å²) < 4.78 is 0. The van der Waals surface area contributed by atoms with Gasteiger partial charge in [-0.15, -0.1) is 11.5 Å². The molecule has 0 saturated heterocycles. The zero-order valence-corrected chi connectivity index (χ0v) is 39.0. The molecular formula is C55H80N2NiO2. The van der Waals surface area contributed by atoms with Crippen molar-refractivity contribution in [1.29, 1.82) is 0 Å².